The fourth-order valence-electron chi connectivity index (χ4n) is 1.61. The first kappa shape index (κ1) is 15.1. The van der Waals surface area contributed by atoms with Gasteiger partial charge in [0.05, 0.1) is 21.3 Å². The number of likely N-dealkylation sites (N-methyl/N-ethyl adjacent to an activating group) is 1. The Kier molecular flexibility index (Phi) is 4.48. The van der Waals surface area contributed by atoms with Gasteiger partial charge >= 0.3 is 0 Å². The molecule has 1 rings (SSSR count). The van der Waals surface area contributed by atoms with E-state index in [1.807, 2.05) is 0 Å². The molecule has 0 unspecified atom stereocenters. The normalized spacial score (nSPS) is 11.4. The average molecular weight is 291 g/mol. The average Bonchev–Trinajstić information content (AvgIpc) is 2.21. The summed E-state index contributed by atoms with van der Waals surface area (Å²) in [5, 5.41) is 10.1. The van der Waals surface area contributed by atoms with Crippen LogP contribution in [0.4, 0.5) is 5.69 Å². The van der Waals surface area contributed by atoms with Crippen LogP contribution in [-0.4, -0.2) is 35.1 Å². The predicted molar refractivity (Wildman–Crippen MR) is 74.1 cm³/mol. The molecular formula is C12H16Cl2N2O2. The lowest BCUT2D eigenvalue weighted by atomic mass is 10.1. The highest BCUT2D eigenvalue weighted by atomic mass is 35.5. The molecule has 0 aromatic heterocycles. The maximum absolute atomic E-state index is 12.1. The first-order chi connectivity index (χ1) is 8.11. The quantitative estimate of drug-likeness (QED) is 0.840. The molecule has 3 N–H and O–H groups in total. The van der Waals surface area contributed by atoms with Crippen LogP contribution in [0, 0.1) is 0 Å². The second-order valence-corrected chi connectivity index (χ2v) is 5.62. The second kappa shape index (κ2) is 5.34. The Morgan fingerprint density at radius 1 is 1.44 bits per heavy atom. The molecule has 0 saturated heterocycles. The van der Waals surface area contributed by atoms with Gasteiger partial charge in [-0.25, -0.2) is 0 Å². The number of nitrogens with two attached hydrogens (primary N) is 1. The van der Waals surface area contributed by atoms with Crippen molar-refractivity contribution in [1.29, 1.82) is 0 Å². The molecular weight excluding hydrogens is 275 g/mol. The van der Waals surface area contributed by atoms with Crippen LogP contribution in [0.5, 0.6) is 0 Å². The third-order valence-electron chi connectivity index (χ3n) is 2.27. The van der Waals surface area contributed by atoms with Crippen LogP contribution in [0.25, 0.3) is 0 Å². The first-order valence-electron chi connectivity index (χ1n) is 5.34. The Labute approximate surface area is 116 Å². The van der Waals surface area contributed by atoms with E-state index in [2.05, 4.69) is 0 Å². The zero-order chi connectivity index (χ0) is 14.1. The number of carbonyl (C=O) groups excluding carboxylic acids is 1. The van der Waals surface area contributed by atoms with E-state index in [0.717, 1.165) is 0 Å². The summed E-state index contributed by atoms with van der Waals surface area (Å²) < 4.78 is 0. The Balaban J connectivity index is 2.98. The van der Waals surface area contributed by atoms with Crippen molar-refractivity contribution in [2.45, 2.75) is 19.4 Å². The van der Waals surface area contributed by atoms with Crippen LogP contribution in [0.2, 0.25) is 10.0 Å². The highest BCUT2D eigenvalue weighted by Gasteiger charge is 2.21. The smallest absolute Gasteiger partial charge is 0.253 e. The summed E-state index contributed by atoms with van der Waals surface area (Å²) in [5.74, 6) is -0.276. The minimum absolute atomic E-state index is 0.200. The SMILES string of the molecule is CN(CC(C)(C)O)C(=O)c1cc(N)c(Cl)c(Cl)c1. The summed E-state index contributed by atoms with van der Waals surface area (Å²) in [6, 6.07) is 2.93. The third-order valence-corrected chi connectivity index (χ3v) is 3.09. The highest BCUT2D eigenvalue weighted by Crippen LogP contribution is 2.29. The Morgan fingerprint density at radius 3 is 2.44 bits per heavy atom. The predicted octanol–water partition coefficient (Wildman–Crippen LogP) is 2.42. The number of nitrogens with zero attached hydrogens (tertiary/aromatic N) is 1. The standard InChI is InChI=1S/C12H16Cl2N2O2/c1-12(2,18)6-16(3)11(17)7-4-8(13)10(14)9(15)5-7/h4-5,18H,6,15H2,1-3H3. The number of amides is 1. The van der Waals surface area contributed by atoms with Gasteiger partial charge < -0.3 is 15.7 Å². The molecule has 0 aliphatic heterocycles. The van der Waals surface area contributed by atoms with Gasteiger partial charge in [0, 0.05) is 19.2 Å². The molecule has 6 heteroatoms. The maximum Gasteiger partial charge on any atom is 0.253 e. The lowest BCUT2D eigenvalue weighted by Crippen LogP contribution is -2.39. The zero-order valence-electron chi connectivity index (χ0n) is 10.5. The van der Waals surface area contributed by atoms with E-state index in [0.29, 0.717) is 5.56 Å². The molecule has 100 valence electrons. The monoisotopic (exact) mass is 290 g/mol. The third kappa shape index (κ3) is 3.77. The van der Waals surface area contributed by atoms with Crippen molar-refractivity contribution in [3.63, 3.8) is 0 Å². The maximum atomic E-state index is 12.1. The number of hydrogen-bond donors (Lipinski definition) is 2. The minimum atomic E-state index is -0.966. The Hall–Kier alpha value is -0.970. The molecule has 0 bridgehead atoms. The highest BCUT2D eigenvalue weighted by molar-refractivity contribution is 6.43. The van der Waals surface area contributed by atoms with Crippen molar-refractivity contribution in [1.82, 2.24) is 4.90 Å². The van der Waals surface area contributed by atoms with Gasteiger partial charge in [-0.2, -0.15) is 0 Å². The van der Waals surface area contributed by atoms with Crippen molar-refractivity contribution in [2.75, 3.05) is 19.3 Å². The van der Waals surface area contributed by atoms with Crippen LogP contribution in [0.1, 0.15) is 24.2 Å². The van der Waals surface area contributed by atoms with Crippen molar-refractivity contribution in [3.8, 4) is 0 Å². The van der Waals surface area contributed by atoms with Crippen LogP contribution < -0.4 is 5.73 Å². The van der Waals surface area contributed by atoms with Crippen molar-refractivity contribution < 1.29 is 9.90 Å². The first-order valence-corrected chi connectivity index (χ1v) is 6.10. The van der Waals surface area contributed by atoms with Gasteiger partial charge in [-0.1, -0.05) is 23.2 Å². The van der Waals surface area contributed by atoms with Gasteiger partial charge in [0.15, 0.2) is 0 Å². The molecule has 1 aromatic carbocycles. The molecule has 0 fully saturated rings. The number of carbonyl (C=O) groups is 1. The Morgan fingerprint density at radius 2 is 2.00 bits per heavy atom. The van der Waals surface area contributed by atoms with Crippen LogP contribution in [-0.2, 0) is 0 Å². The lowest BCUT2D eigenvalue weighted by molar-refractivity contribution is 0.0368. The van der Waals surface area contributed by atoms with Gasteiger partial charge in [-0.3, -0.25) is 4.79 Å². The number of anilines is 1. The number of nitrogen functional groups attached to an aromatic ring is 1. The van der Waals surface area contributed by atoms with Gasteiger partial charge in [0.1, 0.15) is 0 Å². The fourth-order valence-corrected chi connectivity index (χ4v) is 1.94. The van der Waals surface area contributed by atoms with Crippen molar-refractivity contribution in [3.05, 3.63) is 27.7 Å². The van der Waals surface area contributed by atoms with E-state index in [9.17, 15) is 9.90 Å². The number of hydrogen-bond acceptors (Lipinski definition) is 3. The minimum Gasteiger partial charge on any atom is -0.397 e. The molecule has 0 saturated carbocycles. The second-order valence-electron chi connectivity index (χ2n) is 4.83. The van der Waals surface area contributed by atoms with Gasteiger partial charge in [-0.15, -0.1) is 0 Å². The van der Waals surface area contributed by atoms with E-state index in [4.69, 9.17) is 28.9 Å². The molecule has 0 aliphatic carbocycles. The van der Waals surface area contributed by atoms with E-state index in [1.165, 1.54) is 17.0 Å². The van der Waals surface area contributed by atoms with Crippen LogP contribution in [0.15, 0.2) is 12.1 Å². The summed E-state index contributed by atoms with van der Waals surface area (Å²) in [5.41, 5.74) is 5.28. The number of aliphatic hydroxyl groups is 1. The molecule has 4 nitrogen and oxygen atoms in total. The van der Waals surface area contributed by atoms with Crippen molar-refractivity contribution >= 4 is 34.8 Å². The van der Waals surface area contributed by atoms with Crippen LogP contribution in [0.3, 0.4) is 0 Å². The summed E-state index contributed by atoms with van der Waals surface area (Å²) in [4.78, 5) is 13.5. The van der Waals surface area contributed by atoms with Gasteiger partial charge in [-0.05, 0) is 26.0 Å². The topological polar surface area (TPSA) is 66.6 Å². The van der Waals surface area contributed by atoms with Crippen molar-refractivity contribution in [2.24, 2.45) is 0 Å². The lowest BCUT2D eigenvalue weighted by Gasteiger charge is -2.25. The summed E-state index contributed by atoms with van der Waals surface area (Å²) in [6.07, 6.45) is 0. The van der Waals surface area contributed by atoms with E-state index < -0.39 is 5.60 Å². The van der Waals surface area contributed by atoms with Gasteiger partial charge in [0.25, 0.3) is 5.91 Å². The molecule has 0 spiro atoms. The van der Waals surface area contributed by atoms with E-state index in [-0.39, 0.29) is 28.2 Å². The summed E-state index contributed by atoms with van der Waals surface area (Å²) >= 11 is 11.7. The number of benzene rings is 1. The molecule has 0 atom stereocenters. The molecule has 0 aliphatic rings. The zero-order valence-corrected chi connectivity index (χ0v) is 12.0. The molecule has 0 heterocycles. The summed E-state index contributed by atoms with van der Waals surface area (Å²) in [6.45, 7) is 3.45. The van der Waals surface area contributed by atoms with Gasteiger partial charge in [0.2, 0.25) is 0 Å². The van der Waals surface area contributed by atoms with E-state index in [1.54, 1.807) is 20.9 Å². The fraction of sp³-hybridized carbons (Fsp3) is 0.417. The summed E-state index contributed by atoms with van der Waals surface area (Å²) in [7, 11) is 1.60. The molecule has 1 aromatic rings. The largest absolute Gasteiger partial charge is 0.397 e. The van der Waals surface area contributed by atoms with E-state index >= 15 is 0 Å². The van der Waals surface area contributed by atoms with Crippen LogP contribution >= 0.6 is 23.2 Å². The number of rotatable bonds is 3. The molecule has 18 heavy (non-hydrogen) atoms. The Bertz CT molecular complexity index is 447. The molecule has 1 amide bonds. The molecule has 0 radical (unpaired) electrons. The number of halogens is 2.